The lowest BCUT2D eigenvalue weighted by Crippen LogP contribution is -1.89. The zero-order valence-electron chi connectivity index (χ0n) is 7.51. The third-order valence-electron chi connectivity index (χ3n) is 1.96. The lowest BCUT2D eigenvalue weighted by Gasteiger charge is -2.01. The molecule has 0 saturated heterocycles. The van der Waals surface area contributed by atoms with Crippen LogP contribution in [0.15, 0.2) is 53.4 Å². The molecule has 1 atom stereocenters. The summed E-state index contributed by atoms with van der Waals surface area (Å²) in [6.07, 6.45) is 1.70. The van der Waals surface area contributed by atoms with E-state index in [-0.39, 0.29) is 0 Å². The Morgan fingerprint density at radius 3 is 2.86 bits per heavy atom. The average molecular weight is 203 g/mol. The van der Waals surface area contributed by atoms with Gasteiger partial charge >= 0.3 is 0 Å². The van der Waals surface area contributed by atoms with Crippen LogP contribution in [0.25, 0.3) is 10.9 Å². The Balaban J connectivity index is 2.77. The van der Waals surface area contributed by atoms with Crippen LogP contribution in [0.1, 0.15) is 0 Å². The Bertz CT molecular complexity index is 502. The highest BCUT2D eigenvalue weighted by atomic mass is 32.2. The average Bonchev–Trinajstić information content (AvgIpc) is 2.27. The van der Waals surface area contributed by atoms with Gasteiger partial charge in [-0.2, -0.15) is 0 Å². The number of nitrogens with zero attached hydrogens (tertiary/aromatic N) is 1. The van der Waals surface area contributed by atoms with Crippen molar-refractivity contribution in [2.75, 3.05) is 0 Å². The highest BCUT2D eigenvalue weighted by molar-refractivity contribution is 7.88. The van der Waals surface area contributed by atoms with Crippen molar-refractivity contribution in [1.29, 1.82) is 0 Å². The fraction of sp³-hybridized carbons (Fsp3) is 0. The zero-order chi connectivity index (χ0) is 9.97. The molecule has 0 saturated carbocycles. The fourth-order valence-corrected chi connectivity index (χ4v) is 2.08. The van der Waals surface area contributed by atoms with Crippen LogP contribution in [0, 0.1) is 0 Å². The predicted octanol–water partition coefficient (Wildman–Crippen LogP) is 2.49. The van der Waals surface area contributed by atoms with Gasteiger partial charge in [-0.1, -0.05) is 24.8 Å². The third-order valence-corrected chi connectivity index (χ3v) is 3.03. The maximum Gasteiger partial charge on any atom is 0.0866 e. The van der Waals surface area contributed by atoms with Crippen molar-refractivity contribution in [3.05, 3.63) is 48.5 Å². The van der Waals surface area contributed by atoms with Gasteiger partial charge in [-0.15, -0.1) is 0 Å². The Hall–Kier alpha value is -1.48. The molecule has 2 aromatic rings. The summed E-state index contributed by atoms with van der Waals surface area (Å²) in [6.45, 7) is 3.52. The number of rotatable bonds is 2. The summed E-state index contributed by atoms with van der Waals surface area (Å²) in [4.78, 5) is 4.93. The first-order chi connectivity index (χ1) is 6.83. The Morgan fingerprint density at radius 1 is 1.29 bits per heavy atom. The second kappa shape index (κ2) is 3.72. The van der Waals surface area contributed by atoms with Gasteiger partial charge in [0.25, 0.3) is 0 Å². The minimum atomic E-state index is -1.16. The monoisotopic (exact) mass is 203 g/mol. The second-order valence-corrected chi connectivity index (χ2v) is 4.16. The molecule has 3 heteroatoms. The minimum absolute atomic E-state index is 0.720. The van der Waals surface area contributed by atoms with E-state index in [1.807, 2.05) is 30.3 Å². The number of hydrogen-bond donors (Lipinski definition) is 0. The lowest BCUT2D eigenvalue weighted by atomic mass is 10.2. The number of fused-ring (bicyclic) bond motifs is 1. The normalized spacial score (nSPS) is 12.6. The highest BCUT2D eigenvalue weighted by Gasteiger charge is 2.05. The number of hydrogen-bond acceptors (Lipinski definition) is 2. The van der Waals surface area contributed by atoms with Gasteiger partial charge in [-0.3, -0.25) is 4.98 Å². The van der Waals surface area contributed by atoms with Crippen molar-refractivity contribution >= 4 is 21.7 Å². The summed E-state index contributed by atoms with van der Waals surface area (Å²) >= 11 is 0. The van der Waals surface area contributed by atoms with Gasteiger partial charge in [0.15, 0.2) is 0 Å². The molecule has 1 aromatic heterocycles. The molecule has 0 spiro atoms. The first-order valence-electron chi connectivity index (χ1n) is 4.20. The molecule has 2 rings (SSSR count). The van der Waals surface area contributed by atoms with E-state index in [0.717, 1.165) is 15.8 Å². The summed E-state index contributed by atoms with van der Waals surface area (Å²) in [5.74, 6) is 0. The quantitative estimate of drug-likeness (QED) is 0.750. The minimum Gasteiger partial charge on any atom is -0.255 e. The van der Waals surface area contributed by atoms with E-state index >= 15 is 0 Å². The second-order valence-electron chi connectivity index (χ2n) is 2.80. The molecule has 0 aliphatic carbocycles. The summed E-state index contributed by atoms with van der Waals surface area (Å²) in [6, 6.07) is 9.45. The topological polar surface area (TPSA) is 30.0 Å². The van der Waals surface area contributed by atoms with Gasteiger partial charge in [0.2, 0.25) is 0 Å². The molecule has 0 N–H and O–H groups in total. The van der Waals surface area contributed by atoms with Crippen LogP contribution < -0.4 is 0 Å². The van der Waals surface area contributed by atoms with Gasteiger partial charge < -0.3 is 0 Å². The molecule has 0 amide bonds. The summed E-state index contributed by atoms with van der Waals surface area (Å²) in [7, 11) is -1.16. The van der Waals surface area contributed by atoms with Crippen LogP contribution in [0.2, 0.25) is 0 Å². The van der Waals surface area contributed by atoms with E-state index in [2.05, 4.69) is 11.6 Å². The van der Waals surface area contributed by atoms with E-state index in [4.69, 9.17) is 0 Å². The molecule has 2 nitrogen and oxygen atoms in total. The third kappa shape index (κ3) is 1.46. The van der Waals surface area contributed by atoms with Crippen LogP contribution in [0.4, 0.5) is 0 Å². The molecule has 0 fully saturated rings. The fourth-order valence-electron chi connectivity index (χ4n) is 1.33. The molecule has 0 radical (unpaired) electrons. The van der Waals surface area contributed by atoms with Crippen molar-refractivity contribution in [2.24, 2.45) is 0 Å². The predicted molar refractivity (Wildman–Crippen MR) is 58.3 cm³/mol. The maximum atomic E-state index is 11.6. The van der Waals surface area contributed by atoms with E-state index in [0.29, 0.717) is 0 Å². The van der Waals surface area contributed by atoms with E-state index < -0.39 is 10.8 Å². The van der Waals surface area contributed by atoms with Gasteiger partial charge in [0.1, 0.15) is 0 Å². The van der Waals surface area contributed by atoms with Gasteiger partial charge in [-0.25, -0.2) is 4.21 Å². The van der Waals surface area contributed by atoms with Crippen LogP contribution in [-0.2, 0) is 10.8 Å². The first kappa shape index (κ1) is 9.09. The van der Waals surface area contributed by atoms with Crippen molar-refractivity contribution in [2.45, 2.75) is 4.90 Å². The molecular formula is C11H9NOS. The number of pyridine rings is 1. The van der Waals surface area contributed by atoms with Gasteiger partial charge in [0.05, 0.1) is 21.2 Å². The maximum absolute atomic E-state index is 11.6. The van der Waals surface area contributed by atoms with Crippen molar-refractivity contribution in [3.8, 4) is 0 Å². The lowest BCUT2D eigenvalue weighted by molar-refractivity contribution is 0.689. The zero-order valence-corrected chi connectivity index (χ0v) is 8.33. The van der Waals surface area contributed by atoms with Gasteiger partial charge in [-0.05, 0) is 12.1 Å². The summed E-state index contributed by atoms with van der Waals surface area (Å²) in [5.41, 5.74) is 0.785. The Labute approximate surface area is 84.7 Å². The first-order valence-corrected chi connectivity index (χ1v) is 5.41. The van der Waals surface area contributed by atoms with E-state index in [9.17, 15) is 4.21 Å². The van der Waals surface area contributed by atoms with Crippen LogP contribution in [0.5, 0.6) is 0 Å². The van der Waals surface area contributed by atoms with Crippen molar-refractivity contribution in [1.82, 2.24) is 4.98 Å². The summed E-state index contributed by atoms with van der Waals surface area (Å²) in [5, 5.41) is 2.42. The molecule has 1 heterocycles. The molecule has 0 aliphatic rings. The number of aromatic nitrogens is 1. The SMILES string of the molecule is C=CS(=O)c1cccc2cccnc12. The molecule has 0 bridgehead atoms. The Morgan fingerprint density at radius 2 is 2.07 bits per heavy atom. The smallest absolute Gasteiger partial charge is 0.0866 e. The largest absolute Gasteiger partial charge is 0.255 e. The standard InChI is InChI=1S/C11H9NOS/c1-2-14(13)10-7-3-5-9-6-4-8-12-11(9)10/h2-8H,1H2. The van der Waals surface area contributed by atoms with Crippen molar-refractivity contribution in [3.63, 3.8) is 0 Å². The molecule has 1 aromatic carbocycles. The highest BCUT2D eigenvalue weighted by Crippen LogP contribution is 2.19. The van der Waals surface area contributed by atoms with Crippen LogP contribution >= 0.6 is 0 Å². The Kier molecular flexibility index (Phi) is 2.41. The molecular weight excluding hydrogens is 194 g/mol. The van der Waals surface area contributed by atoms with E-state index in [1.165, 1.54) is 5.41 Å². The summed E-state index contributed by atoms with van der Waals surface area (Å²) < 4.78 is 11.6. The molecule has 1 unspecified atom stereocenters. The number of para-hydroxylation sites is 1. The van der Waals surface area contributed by atoms with Crippen LogP contribution in [0.3, 0.4) is 0 Å². The molecule has 0 aliphatic heterocycles. The van der Waals surface area contributed by atoms with Crippen molar-refractivity contribution < 1.29 is 4.21 Å². The number of benzene rings is 1. The molecule has 70 valence electrons. The van der Waals surface area contributed by atoms with E-state index in [1.54, 1.807) is 6.20 Å². The molecule has 14 heavy (non-hydrogen) atoms. The van der Waals surface area contributed by atoms with Crippen LogP contribution in [-0.4, -0.2) is 9.19 Å². The van der Waals surface area contributed by atoms with Gasteiger partial charge in [0, 0.05) is 17.0 Å².